The van der Waals surface area contributed by atoms with Crippen molar-refractivity contribution in [3.63, 3.8) is 0 Å². The maximum absolute atomic E-state index is 12.9. The molecule has 2 amide bonds. The normalized spacial score (nSPS) is 11.2. The van der Waals surface area contributed by atoms with Crippen molar-refractivity contribution in [2.24, 2.45) is 0 Å². The Balaban J connectivity index is 1.82. The van der Waals surface area contributed by atoms with Gasteiger partial charge in [0.1, 0.15) is 17.2 Å². The molecule has 0 saturated heterocycles. The van der Waals surface area contributed by atoms with Crippen molar-refractivity contribution in [1.82, 2.24) is 15.5 Å². The van der Waals surface area contributed by atoms with E-state index in [2.05, 4.69) is 10.6 Å². The molecule has 0 unspecified atom stereocenters. The second-order valence-corrected chi connectivity index (χ2v) is 8.00. The average molecular weight is 464 g/mol. The highest BCUT2D eigenvalue weighted by molar-refractivity contribution is 6.30. The SMILES string of the molecule is CN(C)CCNC(=O)/C(=C/c1cccc(Oc2ccccc2)c1)NC(=O)c1ccc(Cl)cc1. The number of benzene rings is 3. The number of nitrogens with one attached hydrogen (secondary N) is 2. The Morgan fingerprint density at radius 3 is 2.33 bits per heavy atom. The van der Waals surface area contributed by atoms with E-state index in [0.717, 1.165) is 0 Å². The highest BCUT2D eigenvalue weighted by Gasteiger charge is 2.15. The van der Waals surface area contributed by atoms with Gasteiger partial charge in [0.2, 0.25) is 0 Å². The zero-order chi connectivity index (χ0) is 23.6. The summed E-state index contributed by atoms with van der Waals surface area (Å²) >= 11 is 5.91. The van der Waals surface area contributed by atoms with E-state index in [1.54, 1.807) is 36.4 Å². The third kappa shape index (κ3) is 7.79. The molecular weight excluding hydrogens is 438 g/mol. The zero-order valence-corrected chi connectivity index (χ0v) is 19.3. The first-order valence-corrected chi connectivity index (χ1v) is 10.8. The van der Waals surface area contributed by atoms with Gasteiger partial charge in [-0.15, -0.1) is 0 Å². The van der Waals surface area contributed by atoms with E-state index in [-0.39, 0.29) is 11.6 Å². The summed E-state index contributed by atoms with van der Waals surface area (Å²) in [6.45, 7) is 1.11. The van der Waals surface area contributed by atoms with Crippen LogP contribution in [0, 0.1) is 0 Å². The van der Waals surface area contributed by atoms with Gasteiger partial charge >= 0.3 is 0 Å². The molecule has 0 radical (unpaired) electrons. The quantitative estimate of drug-likeness (QED) is 0.456. The van der Waals surface area contributed by atoms with Crippen LogP contribution in [0.3, 0.4) is 0 Å². The first-order valence-electron chi connectivity index (χ1n) is 10.5. The Morgan fingerprint density at radius 2 is 1.64 bits per heavy atom. The highest BCUT2D eigenvalue weighted by Crippen LogP contribution is 2.22. The van der Waals surface area contributed by atoms with Crippen molar-refractivity contribution < 1.29 is 14.3 Å². The van der Waals surface area contributed by atoms with Gasteiger partial charge in [-0.05, 0) is 74.3 Å². The van der Waals surface area contributed by atoms with Gasteiger partial charge in [-0.2, -0.15) is 0 Å². The largest absolute Gasteiger partial charge is 0.457 e. The second-order valence-electron chi connectivity index (χ2n) is 7.57. The molecule has 0 bridgehead atoms. The van der Waals surface area contributed by atoms with Crippen LogP contribution < -0.4 is 15.4 Å². The predicted molar refractivity (Wildman–Crippen MR) is 131 cm³/mol. The molecular formula is C26H26ClN3O3. The van der Waals surface area contributed by atoms with Gasteiger partial charge in [0.05, 0.1) is 0 Å². The van der Waals surface area contributed by atoms with E-state index in [4.69, 9.17) is 16.3 Å². The average Bonchev–Trinajstić information content (AvgIpc) is 2.79. The first-order chi connectivity index (χ1) is 15.9. The smallest absolute Gasteiger partial charge is 0.267 e. The second kappa shape index (κ2) is 11.9. The van der Waals surface area contributed by atoms with E-state index in [1.165, 1.54) is 0 Å². The molecule has 170 valence electrons. The molecule has 2 N–H and O–H groups in total. The summed E-state index contributed by atoms with van der Waals surface area (Å²) in [4.78, 5) is 27.6. The number of para-hydroxylation sites is 1. The van der Waals surface area contributed by atoms with Crippen molar-refractivity contribution in [1.29, 1.82) is 0 Å². The van der Waals surface area contributed by atoms with Crippen LogP contribution in [0.25, 0.3) is 6.08 Å². The van der Waals surface area contributed by atoms with Crippen LogP contribution in [0.1, 0.15) is 15.9 Å². The molecule has 0 spiro atoms. The Morgan fingerprint density at radius 1 is 0.939 bits per heavy atom. The number of halogens is 1. The van der Waals surface area contributed by atoms with E-state index in [1.807, 2.05) is 67.5 Å². The van der Waals surface area contributed by atoms with Crippen LogP contribution in [-0.2, 0) is 4.79 Å². The molecule has 0 aliphatic carbocycles. The predicted octanol–water partition coefficient (Wildman–Crippen LogP) is 4.58. The van der Waals surface area contributed by atoms with Crippen molar-refractivity contribution in [2.75, 3.05) is 27.2 Å². The molecule has 0 heterocycles. The van der Waals surface area contributed by atoms with E-state index >= 15 is 0 Å². The fourth-order valence-corrected chi connectivity index (χ4v) is 3.03. The van der Waals surface area contributed by atoms with Crippen LogP contribution in [0.15, 0.2) is 84.6 Å². The molecule has 0 saturated carbocycles. The van der Waals surface area contributed by atoms with Crippen LogP contribution >= 0.6 is 11.6 Å². The van der Waals surface area contributed by atoms with Crippen LogP contribution in [0.5, 0.6) is 11.5 Å². The molecule has 3 aromatic rings. The highest BCUT2D eigenvalue weighted by atomic mass is 35.5. The van der Waals surface area contributed by atoms with E-state index in [0.29, 0.717) is 40.7 Å². The molecule has 6 nitrogen and oxygen atoms in total. The summed E-state index contributed by atoms with van der Waals surface area (Å²) in [7, 11) is 3.84. The fraction of sp³-hybridized carbons (Fsp3) is 0.154. The molecule has 7 heteroatoms. The Hall–Kier alpha value is -3.61. The minimum Gasteiger partial charge on any atom is -0.457 e. The van der Waals surface area contributed by atoms with Crippen LogP contribution in [0.2, 0.25) is 5.02 Å². The van der Waals surface area contributed by atoms with Gasteiger partial charge in [0.15, 0.2) is 0 Å². The lowest BCUT2D eigenvalue weighted by Gasteiger charge is -2.14. The standard InChI is InChI=1S/C26H26ClN3O3/c1-30(2)16-15-28-26(32)24(29-25(31)20-11-13-21(27)14-12-20)18-19-7-6-10-23(17-19)33-22-8-4-3-5-9-22/h3-14,17-18H,15-16H2,1-2H3,(H,28,32)(H,29,31)/b24-18-. The lowest BCUT2D eigenvalue weighted by molar-refractivity contribution is -0.117. The van der Waals surface area contributed by atoms with Gasteiger partial charge in [-0.25, -0.2) is 0 Å². The van der Waals surface area contributed by atoms with Gasteiger partial charge in [-0.1, -0.05) is 41.9 Å². The minimum atomic E-state index is -0.405. The zero-order valence-electron chi connectivity index (χ0n) is 18.5. The number of rotatable bonds is 9. The number of hydrogen-bond acceptors (Lipinski definition) is 4. The number of nitrogens with zero attached hydrogens (tertiary/aromatic N) is 1. The fourth-order valence-electron chi connectivity index (χ4n) is 2.90. The number of carbonyl (C=O) groups is 2. The van der Waals surface area contributed by atoms with Crippen molar-refractivity contribution in [3.8, 4) is 11.5 Å². The number of amides is 2. The molecule has 3 rings (SSSR count). The first kappa shape index (κ1) is 24.0. The summed E-state index contributed by atoms with van der Waals surface area (Å²) in [5.41, 5.74) is 1.23. The number of ether oxygens (including phenoxy) is 1. The molecule has 0 atom stereocenters. The topological polar surface area (TPSA) is 70.7 Å². The van der Waals surface area contributed by atoms with Crippen molar-refractivity contribution in [2.45, 2.75) is 0 Å². The maximum Gasteiger partial charge on any atom is 0.267 e. The van der Waals surface area contributed by atoms with Crippen LogP contribution in [0.4, 0.5) is 0 Å². The Labute approximate surface area is 198 Å². The monoisotopic (exact) mass is 463 g/mol. The number of carbonyl (C=O) groups excluding carboxylic acids is 2. The summed E-state index contributed by atoms with van der Waals surface area (Å²) in [6, 6.07) is 23.2. The van der Waals surface area contributed by atoms with Crippen LogP contribution in [-0.4, -0.2) is 43.9 Å². The molecule has 0 aromatic heterocycles. The van der Waals surface area contributed by atoms with E-state index in [9.17, 15) is 9.59 Å². The Kier molecular flexibility index (Phi) is 8.63. The molecule has 33 heavy (non-hydrogen) atoms. The third-order valence-corrected chi connectivity index (χ3v) is 4.84. The molecule has 0 aliphatic heterocycles. The molecule has 0 aliphatic rings. The summed E-state index contributed by atoms with van der Waals surface area (Å²) in [5, 5.41) is 6.09. The Bertz CT molecular complexity index is 1110. The van der Waals surface area contributed by atoms with Crippen molar-refractivity contribution in [3.05, 3.63) is 101 Å². The summed E-state index contributed by atoms with van der Waals surface area (Å²) in [6.07, 6.45) is 1.62. The third-order valence-electron chi connectivity index (χ3n) is 4.59. The van der Waals surface area contributed by atoms with Gasteiger partial charge in [0.25, 0.3) is 11.8 Å². The summed E-state index contributed by atoms with van der Waals surface area (Å²) in [5.74, 6) is 0.536. The lowest BCUT2D eigenvalue weighted by atomic mass is 10.1. The van der Waals surface area contributed by atoms with E-state index < -0.39 is 5.91 Å². The van der Waals surface area contributed by atoms with Gasteiger partial charge in [-0.3, -0.25) is 9.59 Å². The van der Waals surface area contributed by atoms with Gasteiger partial charge in [0, 0.05) is 23.7 Å². The van der Waals surface area contributed by atoms with Crippen molar-refractivity contribution >= 4 is 29.5 Å². The maximum atomic E-state index is 12.9. The molecule has 0 fully saturated rings. The molecule has 3 aromatic carbocycles. The number of likely N-dealkylation sites (N-methyl/N-ethyl adjacent to an activating group) is 1. The summed E-state index contributed by atoms with van der Waals surface area (Å²) < 4.78 is 5.88. The lowest BCUT2D eigenvalue weighted by Crippen LogP contribution is -2.37. The minimum absolute atomic E-state index is 0.130. The number of hydrogen-bond donors (Lipinski definition) is 2. The van der Waals surface area contributed by atoms with Gasteiger partial charge < -0.3 is 20.3 Å².